The Morgan fingerprint density at radius 1 is 1.40 bits per heavy atom. The molecule has 0 bridgehead atoms. The first-order valence-corrected chi connectivity index (χ1v) is 6.84. The Labute approximate surface area is 119 Å². The maximum absolute atomic E-state index is 11.8. The first-order chi connectivity index (χ1) is 9.61. The van der Waals surface area contributed by atoms with Crippen LogP contribution in [0.2, 0.25) is 0 Å². The normalized spacial score (nSPS) is 12.2. The molecule has 2 aromatic heterocycles. The van der Waals surface area contributed by atoms with Crippen molar-refractivity contribution in [3.8, 4) is 5.82 Å². The molecule has 0 aliphatic carbocycles. The van der Waals surface area contributed by atoms with Gasteiger partial charge in [-0.15, -0.1) is 0 Å². The standard InChI is InChI=1S/C15H20N4O/c1-4-11(2)15(20)18-10-13-5-6-17-14(9-13)19-8-7-16-12(19)3/h5-9,11H,4,10H2,1-3H3,(H,18,20)/t11-/m1/s1. The maximum Gasteiger partial charge on any atom is 0.223 e. The van der Waals surface area contributed by atoms with Crippen LogP contribution in [0.1, 0.15) is 31.7 Å². The van der Waals surface area contributed by atoms with Gasteiger partial charge < -0.3 is 5.32 Å². The number of nitrogens with one attached hydrogen (secondary N) is 1. The van der Waals surface area contributed by atoms with Crippen molar-refractivity contribution in [2.75, 3.05) is 0 Å². The summed E-state index contributed by atoms with van der Waals surface area (Å²) < 4.78 is 1.92. The molecule has 2 aromatic rings. The van der Waals surface area contributed by atoms with Gasteiger partial charge in [-0.2, -0.15) is 0 Å². The number of imidazole rings is 1. The van der Waals surface area contributed by atoms with Gasteiger partial charge in [-0.05, 0) is 31.0 Å². The first-order valence-electron chi connectivity index (χ1n) is 6.84. The molecule has 2 rings (SSSR count). The van der Waals surface area contributed by atoms with Crippen molar-refractivity contribution in [2.24, 2.45) is 5.92 Å². The van der Waals surface area contributed by atoms with Crippen molar-refractivity contribution in [1.29, 1.82) is 0 Å². The fraction of sp³-hybridized carbons (Fsp3) is 0.400. The summed E-state index contributed by atoms with van der Waals surface area (Å²) in [5, 5.41) is 2.95. The van der Waals surface area contributed by atoms with Crippen LogP contribution >= 0.6 is 0 Å². The van der Waals surface area contributed by atoms with Crippen LogP contribution in [0.3, 0.4) is 0 Å². The molecule has 0 spiro atoms. The highest BCUT2D eigenvalue weighted by molar-refractivity contribution is 5.78. The largest absolute Gasteiger partial charge is 0.352 e. The van der Waals surface area contributed by atoms with E-state index < -0.39 is 0 Å². The van der Waals surface area contributed by atoms with Gasteiger partial charge in [0.05, 0.1) is 0 Å². The summed E-state index contributed by atoms with van der Waals surface area (Å²) in [6, 6.07) is 3.87. The minimum Gasteiger partial charge on any atom is -0.352 e. The summed E-state index contributed by atoms with van der Waals surface area (Å²) in [5.74, 6) is 1.84. The molecule has 0 fully saturated rings. The molecule has 1 amide bonds. The maximum atomic E-state index is 11.8. The van der Waals surface area contributed by atoms with Crippen molar-refractivity contribution in [3.63, 3.8) is 0 Å². The van der Waals surface area contributed by atoms with Crippen LogP contribution in [0.4, 0.5) is 0 Å². The van der Waals surface area contributed by atoms with Gasteiger partial charge >= 0.3 is 0 Å². The molecule has 0 saturated carbocycles. The van der Waals surface area contributed by atoms with Crippen molar-refractivity contribution in [1.82, 2.24) is 19.9 Å². The van der Waals surface area contributed by atoms with Crippen LogP contribution in [0.25, 0.3) is 5.82 Å². The summed E-state index contributed by atoms with van der Waals surface area (Å²) in [4.78, 5) is 20.3. The molecular weight excluding hydrogens is 252 g/mol. The molecule has 0 unspecified atom stereocenters. The van der Waals surface area contributed by atoms with E-state index in [1.54, 1.807) is 12.4 Å². The molecule has 0 aromatic carbocycles. The van der Waals surface area contributed by atoms with Gasteiger partial charge in [0.25, 0.3) is 0 Å². The highest BCUT2D eigenvalue weighted by atomic mass is 16.1. The SMILES string of the molecule is CC[C@@H](C)C(=O)NCc1ccnc(-n2ccnc2C)c1. The second kappa shape index (κ2) is 6.32. The molecular formula is C15H20N4O. The van der Waals surface area contributed by atoms with E-state index in [2.05, 4.69) is 15.3 Å². The Morgan fingerprint density at radius 3 is 2.85 bits per heavy atom. The summed E-state index contributed by atoms with van der Waals surface area (Å²) in [6.07, 6.45) is 6.22. The molecule has 5 heteroatoms. The van der Waals surface area contributed by atoms with Crippen LogP contribution in [0, 0.1) is 12.8 Å². The number of nitrogens with zero attached hydrogens (tertiary/aromatic N) is 3. The van der Waals surface area contributed by atoms with E-state index in [1.807, 2.05) is 43.7 Å². The zero-order chi connectivity index (χ0) is 14.5. The first kappa shape index (κ1) is 14.2. The van der Waals surface area contributed by atoms with E-state index in [4.69, 9.17) is 0 Å². The Kier molecular flexibility index (Phi) is 4.50. The summed E-state index contributed by atoms with van der Waals surface area (Å²) in [6.45, 7) is 6.39. The van der Waals surface area contributed by atoms with E-state index in [0.717, 1.165) is 23.6 Å². The Bertz CT molecular complexity index is 591. The lowest BCUT2D eigenvalue weighted by Crippen LogP contribution is -2.28. The minimum absolute atomic E-state index is 0.0483. The highest BCUT2D eigenvalue weighted by Gasteiger charge is 2.10. The predicted molar refractivity (Wildman–Crippen MR) is 77.4 cm³/mol. The van der Waals surface area contributed by atoms with Gasteiger partial charge in [0.1, 0.15) is 11.6 Å². The Morgan fingerprint density at radius 2 is 2.20 bits per heavy atom. The zero-order valence-corrected chi connectivity index (χ0v) is 12.1. The fourth-order valence-corrected chi connectivity index (χ4v) is 1.87. The van der Waals surface area contributed by atoms with E-state index in [1.165, 1.54) is 0 Å². The number of hydrogen-bond donors (Lipinski definition) is 1. The second-order valence-corrected chi connectivity index (χ2v) is 4.89. The van der Waals surface area contributed by atoms with Crippen molar-refractivity contribution in [3.05, 3.63) is 42.1 Å². The lowest BCUT2D eigenvalue weighted by atomic mass is 10.1. The topological polar surface area (TPSA) is 59.8 Å². The van der Waals surface area contributed by atoms with Crippen molar-refractivity contribution < 1.29 is 4.79 Å². The highest BCUT2D eigenvalue weighted by Crippen LogP contribution is 2.10. The van der Waals surface area contributed by atoms with Crippen LogP contribution in [0.15, 0.2) is 30.7 Å². The van der Waals surface area contributed by atoms with E-state index in [9.17, 15) is 4.79 Å². The van der Waals surface area contributed by atoms with Gasteiger partial charge in [0.15, 0.2) is 0 Å². The zero-order valence-electron chi connectivity index (χ0n) is 12.1. The third-order valence-corrected chi connectivity index (χ3v) is 3.41. The summed E-state index contributed by atoms with van der Waals surface area (Å²) in [7, 11) is 0. The van der Waals surface area contributed by atoms with Crippen molar-refractivity contribution >= 4 is 5.91 Å². The number of pyridine rings is 1. The molecule has 0 aliphatic rings. The number of carbonyl (C=O) groups excluding carboxylic acids is 1. The Hall–Kier alpha value is -2.17. The van der Waals surface area contributed by atoms with Gasteiger partial charge in [-0.3, -0.25) is 9.36 Å². The number of amides is 1. The van der Waals surface area contributed by atoms with Gasteiger partial charge in [-0.1, -0.05) is 13.8 Å². The third kappa shape index (κ3) is 3.23. The Balaban J connectivity index is 2.07. The third-order valence-electron chi connectivity index (χ3n) is 3.41. The number of rotatable bonds is 5. The van der Waals surface area contributed by atoms with Gasteiger partial charge in [-0.25, -0.2) is 9.97 Å². The molecule has 0 saturated heterocycles. The van der Waals surface area contributed by atoms with Crippen LogP contribution in [-0.2, 0) is 11.3 Å². The minimum atomic E-state index is 0.0483. The molecule has 2 heterocycles. The summed E-state index contributed by atoms with van der Waals surface area (Å²) in [5.41, 5.74) is 1.03. The van der Waals surface area contributed by atoms with Crippen molar-refractivity contribution in [2.45, 2.75) is 33.7 Å². The number of aromatic nitrogens is 3. The molecule has 1 atom stereocenters. The average Bonchev–Trinajstić information content (AvgIpc) is 2.90. The fourth-order valence-electron chi connectivity index (χ4n) is 1.87. The molecule has 5 nitrogen and oxygen atoms in total. The predicted octanol–water partition coefficient (Wildman–Crippen LogP) is 2.24. The quantitative estimate of drug-likeness (QED) is 0.908. The monoisotopic (exact) mass is 272 g/mol. The van der Waals surface area contributed by atoms with E-state index in [0.29, 0.717) is 6.54 Å². The number of carbonyl (C=O) groups is 1. The number of aryl methyl sites for hydroxylation is 1. The van der Waals surface area contributed by atoms with E-state index in [-0.39, 0.29) is 11.8 Å². The lowest BCUT2D eigenvalue weighted by Gasteiger charge is -2.11. The van der Waals surface area contributed by atoms with Crippen LogP contribution in [0.5, 0.6) is 0 Å². The van der Waals surface area contributed by atoms with E-state index >= 15 is 0 Å². The number of hydrogen-bond acceptors (Lipinski definition) is 3. The molecule has 106 valence electrons. The molecule has 0 radical (unpaired) electrons. The smallest absolute Gasteiger partial charge is 0.223 e. The summed E-state index contributed by atoms with van der Waals surface area (Å²) >= 11 is 0. The van der Waals surface area contributed by atoms with Gasteiger partial charge in [0, 0.05) is 31.1 Å². The van der Waals surface area contributed by atoms with Gasteiger partial charge in [0.2, 0.25) is 5.91 Å². The lowest BCUT2D eigenvalue weighted by molar-refractivity contribution is -0.124. The molecule has 1 N–H and O–H groups in total. The van der Waals surface area contributed by atoms with Crippen LogP contribution < -0.4 is 5.32 Å². The molecule has 20 heavy (non-hydrogen) atoms. The van der Waals surface area contributed by atoms with Crippen LogP contribution in [-0.4, -0.2) is 20.4 Å². The average molecular weight is 272 g/mol. The molecule has 0 aliphatic heterocycles. The second-order valence-electron chi connectivity index (χ2n) is 4.89.